The van der Waals surface area contributed by atoms with Gasteiger partial charge in [0.1, 0.15) is 12.4 Å². The molecule has 1 atom stereocenters. The van der Waals surface area contributed by atoms with E-state index in [2.05, 4.69) is 20.1 Å². The third-order valence-electron chi connectivity index (χ3n) is 2.62. The van der Waals surface area contributed by atoms with Crippen LogP contribution in [0, 0.1) is 5.82 Å². The molecule has 0 bridgehead atoms. The van der Waals surface area contributed by atoms with Crippen LogP contribution in [0.2, 0.25) is 0 Å². The molecule has 1 aliphatic heterocycles. The number of halogens is 2. The average Bonchev–Trinajstić information content (AvgIpc) is 2.71. The smallest absolute Gasteiger partial charge is 0.414 e. The van der Waals surface area contributed by atoms with Crippen molar-refractivity contribution in [1.82, 2.24) is 0 Å². The van der Waals surface area contributed by atoms with Crippen molar-refractivity contribution >= 4 is 37.8 Å². The van der Waals surface area contributed by atoms with E-state index in [0.29, 0.717) is 0 Å². The topological polar surface area (TPSA) is 72.9 Å². The van der Waals surface area contributed by atoms with Gasteiger partial charge in [0.2, 0.25) is 0 Å². The zero-order valence-electron chi connectivity index (χ0n) is 10.4. The van der Waals surface area contributed by atoms with Crippen LogP contribution < -0.4 is 4.90 Å². The number of rotatable bonds is 4. The molecule has 1 heterocycles. The highest BCUT2D eigenvalue weighted by molar-refractivity contribution is 9.10. The van der Waals surface area contributed by atoms with E-state index in [1.165, 1.54) is 17.0 Å². The minimum atomic E-state index is -3.62. The van der Waals surface area contributed by atoms with E-state index >= 15 is 0 Å². The van der Waals surface area contributed by atoms with Crippen molar-refractivity contribution in [1.29, 1.82) is 0 Å². The first-order chi connectivity index (χ1) is 9.28. The van der Waals surface area contributed by atoms with Crippen molar-refractivity contribution in [2.24, 2.45) is 0 Å². The molecule has 1 unspecified atom stereocenters. The highest BCUT2D eigenvalue weighted by Crippen LogP contribution is 2.27. The zero-order chi connectivity index (χ0) is 14.9. The van der Waals surface area contributed by atoms with Gasteiger partial charge in [-0.15, -0.1) is 0 Å². The Morgan fingerprint density at radius 1 is 1.55 bits per heavy atom. The molecule has 1 aliphatic rings. The summed E-state index contributed by atoms with van der Waals surface area (Å²) in [6.07, 6.45) is 0.239. The highest BCUT2D eigenvalue weighted by atomic mass is 79.9. The van der Waals surface area contributed by atoms with Crippen molar-refractivity contribution in [2.45, 2.75) is 6.04 Å². The summed E-state index contributed by atoms with van der Waals surface area (Å²) in [5, 5.41) is 0. The summed E-state index contributed by atoms with van der Waals surface area (Å²) in [6, 6.07) is 3.50. The van der Waals surface area contributed by atoms with E-state index in [1.54, 1.807) is 0 Å². The Bertz CT molecular complexity index is 636. The Labute approximate surface area is 123 Å². The number of benzene rings is 1. The van der Waals surface area contributed by atoms with Crippen LogP contribution in [0.1, 0.15) is 0 Å². The fraction of sp³-hybridized carbons (Fsp3) is 0.364. The Kier molecular flexibility index (Phi) is 4.31. The van der Waals surface area contributed by atoms with Crippen molar-refractivity contribution in [3.8, 4) is 0 Å². The molecule has 0 aromatic heterocycles. The number of ether oxygens (including phenoxy) is 1. The second kappa shape index (κ2) is 5.66. The molecule has 0 saturated carbocycles. The lowest BCUT2D eigenvalue weighted by molar-refractivity contribution is 0.175. The summed E-state index contributed by atoms with van der Waals surface area (Å²) < 4.78 is 45.2. The molecule has 9 heteroatoms. The van der Waals surface area contributed by atoms with E-state index in [-0.39, 0.29) is 23.4 Å². The van der Waals surface area contributed by atoms with E-state index in [0.717, 1.165) is 12.3 Å². The van der Waals surface area contributed by atoms with Crippen LogP contribution in [0.25, 0.3) is 0 Å². The lowest BCUT2D eigenvalue weighted by atomic mass is 10.2. The Morgan fingerprint density at radius 2 is 2.25 bits per heavy atom. The van der Waals surface area contributed by atoms with Gasteiger partial charge in [-0.3, -0.25) is 9.08 Å². The second-order valence-corrected chi connectivity index (χ2v) is 6.69. The summed E-state index contributed by atoms with van der Waals surface area (Å²) in [5.74, 6) is -0.537. The minimum absolute atomic E-state index is 0.0218. The van der Waals surface area contributed by atoms with Gasteiger partial charge in [-0.25, -0.2) is 9.18 Å². The van der Waals surface area contributed by atoms with Crippen LogP contribution in [0.3, 0.4) is 0 Å². The number of nitrogens with zero attached hydrogens (tertiary/aromatic N) is 1. The van der Waals surface area contributed by atoms with E-state index in [1.807, 2.05) is 0 Å². The predicted molar refractivity (Wildman–Crippen MR) is 72.5 cm³/mol. The van der Waals surface area contributed by atoms with Crippen molar-refractivity contribution in [3.05, 3.63) is 28.5 Å². The fourth-order valence-corrected chi connectivity index (χ4v) is 2.39. The number of carbonyl (C=O) groups is 1. The van der Waals surface area contributed by atoms with Gasteiger partial charge in [0.15, 0.2) is 0 Å². The molecule has 1 aromatic rings. The molecule has 20 heavy (non-hydrogen) atoms. The Hall–Kier alpha value is -1.19. The van der Waals surface area contributed by atoms with E-state index < -0.39 is 28.1 Å². The van der Waals surface area contributed by atoms with Gasteiger partial charge >= 0.3 is 6.09 Å². The third kappa shape index (κ3) is 3.47. The molecule has 1 amide bonds. The predicted octanol–water partition coefficient (Wildman–Crippen LogP) is 1.89. The number of hydrogen-bond acceptors (Lipinski definition) is 5. The quantitative estimate of drug-likeness (QED) is 0.759. The number of carbonyl (C=O) groups excluding carboxylic acids is 1. The number of hydrogen-bond donors (Lipinski definition) is 0. The molecule has 1 saturated heterocycles. The lowest BCUT2D eigenvalue weighted by Crippen LogP contribution is -2.37. The van der Waals surface area contributed by atoms with Gasteiger partial charge in [0, 0.05) is 0 Å². The van der Waals surface area contributed by atoms with Crippen LogP contribution in [0.5, 0.6) is 0 Å². The SMILES string of the molecule is CS(=O)(=O)OCC1COC(=O)N1c1ccc(Br)c(F)c1. The lowest BCUT2D eigenvalue weighted by Gasteiger charge is -2.21. The first-order valence-electron chi connectivity index (χ1n) is 5.53. The molecule has 2 rings (SSSR count). The van der Waals surface area contributed by atoms with Crippen LogP contribution in [0.15, 0.2) is 22.7 Å². The summed E-state index contributed by atoms with van der Waals surface area (Å²) in [5.41, 5.74) is 0.273. The molecule has 1 fully saturated rings. The molecule has 110 valence electrons. The highest BCUT2D eigenvalue weighted by Gasteiger charge is 2.35. The first-order valence-corrected chi connectivity index (χ1v) is 8.14. The summed E-state index contributed by atoms with van der Waals surface area (Å²) in [7, 11) is -3.62. The van der Waals surface area contributed by atoms with Gasteiger partial charge in [-0.05, 0) is 34.1 Å². The minimum Gasteiger partial charge on any atom is -0.447 e. The van der Waals surface area contributed by atoms with Crippen LogP contribution in [-0.2, 0) is 19.0 Å². The normalized spacial score (nSPS) is 19.2. The number of amides is 1. The third-order valence-corrected chi connectivity index (χ3v) is 3.82. The van der Waals surface area contributed by atoms with Crippen molar-refractivity contribution in [2.75, 3.05) is 24.4 Å². The summed E-state index contributed by atoms with van der Waals surface area (Å²) >= 11 is 3.01. The monoisotopic (exact) mass is 367 g/mol. The average molecular weight is 368 g/mol. The summed E-state index contributed by atoms with van der Waals surface area (Å²) in [4.78, 5) is 12.8. The van der Waals surface area contributed by atoms with Crippen molar-refractivity contribution in [3.63, 3.8) is 0 Å². The molecule has 6 nitrogen and oxygen atoms in total. The van der Waals surface area contributed by atoms with Crippen LogP contribution in [-0.4, -0.2) is 40.0 Å². The van der Waals surface area contributed by atoms with Crippen molar-refractivity contribution < 1.29 is 26.5 Å². The van der Waals surface area contributed by atoms with Gasteiger partial charge in [-0.2, -0.15) is 8.42 Å². The Morgan fingerprint density at radius 3 is 2.85 bits per heavy atom. The fourth-order valence-electron chi connectivity index (χ4n) is 1.74. The van der Waals surface area contributed by atoms with E-state index in [4.69, 9.17) is 4.74 Å². The van der Waals surface area contributed by atoms with Gasteiger partial charge < -0.3 is 4.74 Å². The molecule has 0 spiro atoms. The maximum Gasteiger partial charge on any atom is 0.414 e. The van der Waals surface area contributed by atoms with Gasteiger partial charge in [-0.1, -0.05) is 0 Å². The van der Waals surface area contributed by atoms with Crippen LogP contribution >= 0.6 is 15.9 Å². The second-order valence-electron chi connectivity index (χ2n) is 4.19. The van der Waals surface area contributed by atoms with Gasteiger partial charge in [0.05, 0.1) is 29.1 Å². The molecule has 1 aromatic carbocycles. The van der Waals surface area contributed by atoms with Gasteiger partial charge in [0.25, 0.3) is 10.1 Å². The standard InChI is InChI=1S/C11H11BrFNO5S/c1-20(16,17)19-6-8-5-18-11(15)14(8)7-2-3-9(12)10(13)4-7/h2-4,8H,5-6H2,1H3. The number of cyclic esters (lactones) is 1. The molecule has 0 radical (unpaired) electrons. The maximum atomic E-state index is 13.5. The largest absolute Gasteiger partial charge is 0.447 e. The first kappa shape index (κ1) is 15.2. The molecular formula is C11H11BrFNO5S. The van der Waals surface area contributed by atoms with E-state index in [9.17, 15) is 17.6 Å². The zero-order valence-corrected chi connectivity index (χ0v) is 12.8. The molecule has 0 N–H and O–H groups in total. The molecular weight excluding hydrogens is 357 g/mol. The molecule has 0 aliphatic carbocycles. The maximum absolute atomic E-state index is 13.5. The number of anilines is 1. The Balaban J connectivity index is 2.22. The van der Waals surface area contributed by atoms with Crippen LogP contribution in [0.4, 0.5) is 14.9 Å². The summed E-state index contributed by atoms with van der Waals surface area (Å²) in [6.45, 7) is -0.270.